The zero-order valence-corrected chi connectivity index (χ0v) is 20.7. The lowest BCUT2D eigenvalue weighted by Crippen LogP contribution is -2.31. The lowest BCUT2D eigenvalue weighted by Gasteiger charge is -2.13. The van der Waals surface area contributed by atoms with Gasteiger partial charge in [0.25, 0.3) is 5.91 Å². The number of para-hydroxylation sites is 1. The van der Waals surface area contributed by atoms with Gasteiger partial charge in [0.05, 0.1) is 0 Å². The minimum Gasteiger partial charge on any atom is -0.351 e. The van der Waals surface area contributed by atoms with Gasteiger partial charge in [0.1, 0.15) is 0 Å². The van der Waals surface area contributed by atoms with E-state index in [1.807, 2.05) is 56.3 Å². The predicted molar refractivity (Wildman–Crippen MR) is 143 cm³/mol. The van der Waals surface area contributed by atoms with Crippen LogP contribution in [0.2, 0.25) is 0 Å². The number of hydrogen-bond acceptors (Lipinski definition) is 4. The van der Waals surface area contributed by atoms with Crippen molar-refractivity contribution in [1.29, 1.82) is 0 Å². The highest BCUT2D eigenvalue weighted by molar-refractivity contribution is 6.00. The number of amides is 5. The summed E-state index contributed by atoms with van der Waals surface area (Å²) in [5.74, 6) is -0.153. The van der Waals surface area contributed by atoms with Crippen molar-refractivity contribution in [2.75, 3.05) is 43.1 Å². The summed E-state index contributed by atoms with van der Waals surface area (Å²) in [6, 6.07) is 20.7. The van der Waals surface area contributed by atoms with Crippen molar-refractivity contribution in [2.45, 2.75) is 13.5 Å². The molecule has 9 nitrogen and oxygen atoms in total. The lowest BCUT2D eigenvalue weighted by atomic mass is 10.1. The zero-order chi connectivity index (χ0) is 25.9. The Kier molecular flexibility index (Phi) is 9.41. The van der Waals surface area contributed by atoms with Gasteiger partial charge in [0, 0.05) is 42.3 Å². The van der Waals surface area contributed by atoms with Crippen molar-refractivity contribution < 1.29 is 14.4 Å². The molecule has 0 aliphatic rings. The third-order valence-electron chi connectivity index (χ3n) is 5.26. The topological polar surface area (TPSA) is 115 Å². The molecule has 0 fully saturated rings. The molecule has 0 aliphatic carbocycles. The molecule has 5 N–H and O–H groups in total. The fraction of sp³-hybridized carbons (Fsp3) is 0.222. The van der Waals surface area contributed by atoms with Crippen molar-refractivity contribution in [3.05, 3.63) is 89.5 Å². The summed E-state index contributed by atoms with van der Waals surface area (Å²) in [6.07, 6.45) is 0. The number of likely N-dealkylation sites (N-methyl/N-ethyl adjacent to an activating group) is 1. The van der Waals surface area contributed by atoms with E-state index in [0.29, 0.717) is 29.2 Å². The molecule has 0 spiro atoms. The molecule has 0 aromatic heterocycles. The number of carbonyl (C=O) groups excluding carboxylic acids is 3. The first-order chi connectivity index (χ1) is 17.3. The van der Waals surface area contributed by atoms with E-state index in [1.54, 1.807) is 42.5 Å². The molecule has 9 heteroatoms. The molecule has 3 aromatic carbocycles. The monoisotopic (exact) mass is 488 g/mol. The summed E-state index contributed by atoms with van der Waals surface area (Å²) < 4.78 is 0. The molecule has 0 aliphatic heterocycles. The molecule has 5 amide bonds. The molecule has 0 atom stereocenters. The highest BCUT2D eigenvalue weighted by Crippen LogP contribution is 2.20. The largest absolute Gasteiger partial charge is 0.351 e. The standard InChI is InChI=1S/C27H32N6O3/c1-19-12-13-23(31-27(36)30-22-10-5-4-6-11-22)17-24(19)32-26(35)29-18-20-8-7-9-21(16-20)25(34)28-14-15-33(2)3/h4-13,16-17H,14-15,18H2,1-3H3,(H,28,34)(H2,29,32,35)(H2,30,31,36). The molecular formula is C27H32N6O3. The summed E-state index contributed by atoms with van der Waals surface area (Å²) in [4.78, 5) is 39.1. The van der Waals surface area contributed by atoms with E-state index in [9.17, 15) is 14.4 Å². The highest BCUT2D eigenvalue weighted by atomic mass is 16.2. The second-order valence-corrected chi connectivity index (χ2v) is 8.54. The SMILES string of the molecule is Cc1ccc(NC(=O)Nc2ccccc2)cc1NC(=O)NCc1cccc(C(=O)NCCN(C)C)c1. The third kappa shape index (κ3) is 8.44. The number of nitrogens with zero attached hydrogens (tertiary/aromatic N) is 1. The predicted octanol–water partition coefficient (Wildman–Crippen LogP) is 4.25. The minimum atomic E-state index is -0.398. The average Bonchev–Trinajstić information content (AvgIpc) is 2.85. The van der Waals surface area contributed by atoms with Crippen LogP contribution in [0.25, 0.3) is 0 Å². The van der Waals surface area contributed by atoms with Gasteiger partial charge in [-0.3, -0.25) is 4.79 Å². The number of carbonyl (C=O) groups is 3. The molecule has 0 bridgehead atoms. The Hall–Kier alpha value is -4.37. The second kappa shape index (κ2) is 12.9. The second-order valence-electron chi connectivity index (χ2n) is 8.54. The molecule has 36 heavy (non-hydrogen) atoms. The van der Waals surface area contributed by atoms with E-state index in [-0.39, 0.29) is 18.5 Å². The van der Waals surface area contributed by atoms with Gasteiger partial charge in [0.15, 0.2) is 0 Å². The van der Waals surface area contributed by atoms with Gasteiger partial charge < -0.3 is 31.5 Å². The minimum absolute atomic E-state index is 0.153. The Morgan fingerprint density at radius 1 is 0.750 bits per heavy atom. The first-order valence-electron chi connectivity index (χ1n) is 11.6. The van der Waals surface area contributed by atoms with Crippen LogP contribution in [0, 0.1) is 6.92 Å². The molecule has 0 saturated carbocycles. The van der Waals surface area contributed by atoms with Gasteiger partial charge in [-0.1, -0.05) is 36.4 Å². The molecule has 3 rings (SSSR count). The Morgan fingerprint density at radius 2 is 1.50 bits per heavy atom. The van der Waals surface area contributed by atoms with Gasteiger partial charge in [-0.2, -0.15) is 0 Å². The maximum absolute atomic E-state index is 12.5. The number of urea groups is 2. The average molecular weight is 489 g/mol. The lowest BCUT2D eigenvalue weighted by molar-refractivity contribution is 0.0951. The molecule has 0 unspecified atom stereocenters. The Bertz CT molecular complexity index is 1200. The number of rotatable bonds is 9. The number of anilines is 3. The summed E-state index contributed by atoms with van der Waals surface area (Å²) in [5.41, 5.74) is 3.97. The number of hydrogen-bond donors (Lipinski definition) is 5. The number of aryl methyl sites for hydroxylation is 1. The summed E-state index contributed by atoms with van der Waals surface area (Å²) in [5, 5.41) is 14.0. The summed E-state index contributed by atoms with van der Waals surface area (Å²) in [7, 11) is 3.89. The smallest absolute Gasteiger partial charge is 0.323 e. The van der Waals surface area contributed by atoms with Crippen LogP contribution >= 0.6 is 0 Å². The van der Waals surface area contributed by atoms with Crippen LogP contribution in [0.1, 0.15) is 21.5 Å². The quantitative estimate of drug-likeness (QED) is 0.310. The van der Waals surface area contributed by atoms with Crippen molar-refractivity contribution in [3.8, 4) is 0 Å². The maximum atomic E-state index is 12.5. The van der Waals surface area contributed by atoms with Crippen molar-refractivity contribution >= 4 is 35.0 Å². The molecule has 0 radical (unpaired) electrons. The zero-order valence-electron chi connectivity index (χ0n) is 20.7. The normalized spacial score (nSPS) is 10.4. The summed E-state index contributed by atoms with van der Waals surface area (Å²) >= 11 is 0. The van der Waals surface area contributed by atoms with Crippen LogP contribution in [0.3, 0.4) is 0 Å². The molecule has 0 heterocycles. The van der Waals surface area contributed by atoms with E-state index in [4.69, 9.17) is 0 Å². The fourth-order valence-corrected chi connectivity index (χ4v) is 3.32. The van der Waals surface area contributed by atoms with Crippen LogP contribution in [-0.2, 0) is 6.54 Å². The van der Waals surface area contributed by atoms with Gasteiger partial charge in [-0.25, -0.2) is 9.59 Å². The van der Waals surface area contributed by atoms with Crippen LogP contribution in [0.5, 0.6) is 0 Å². The maximum Gasteiger partial charge on any atom is 0.323 e. The highest BCUT2D eigenvalue weighted by Gasteiger charge is 2.10. The van der Waals surface area contributed by atoms with Gasteiger partial charge in [-0.15, -0.1) is 0 Å². The summed E-state index contributed by atoms with van der Waals surface area (Å²) in [6.45, 7) is 3.42. The van der Waals surface area contributed by atoms with E-state index in [2.05, 4.69) is 26.6 Å². The Labute approximate surface area is 211 Å². The van der Waals surface area contributed by atoms with Gasteiger partial charge >= 0.3 is 12.1 Å². The van der Waals surface area contributed by atoms with Crippen LogP contribution in [0.4, 0.5) is 26.7 Å². The first-order valence-corrected chi connectivity index (χ1v) is 11.6. The molecule has 0 saturated heterocycles. The van der Waals surface area contributed by atoms with E-state index in [1.165, 1.54) is 0 Å². The fourth-order valence-electron chi connectivity index (χ4n) is 3.32. The van der Waals surface area contributed by atoms with Crippen molar-refractivity contribution in [1.82, 2.24) is 15.5 Å². The van der Waals surface area contributed by atoms with Gasteiger partial charge in [-0.05, 0) is 68.5 Å². The molecule has 3 aromatic rings. The van der Waals surface area contributed by atoms with Gasteiger partial charge in [0.2, 0.25) is 0 Å². The third-order valence-corrected chi connectivity index (χ3v) is 5.26. The number of benzene rings is 3. The van der Waals surface area contributed by atoms with Crippen molar-refractivity contribution in [3.63, 3.8) is 0 Å². The molecular weight excluding hydrogens is 456 g/mol. The number of nitrogens with one attached hydrogen (secondary N) is 5. The Morgan fingerprint density at radius 3 is 2.25 bits per heavy atom. The van der Waals surface area contributed by atoms with E-state index < -0.39 is 6.03 Å². The van der Waals surface area contributed by atoms with Crippen LogP contribution in [-0.4, -0.2) is 50.1 Å². The van der Waals surface area contributed by atoms with E-state index in [0.717, 1.165) is 17.7 Å². The van der Waals surface area contributed by atoms with E-state index >= 15 is 0 Å². The van der Waals surface area contributed by atoms with Crippen LogP contribution in [0.15, 0.2) is 72.8 Å². The first kappa shape index (κ1) is 26.2. The molecule has 188 valence electrons. The Balaban J connectivity index is 1.53. The van der Waals surface area contributed by atoms with Crippen molar-refractivity contribution in [2.24, 2.45) is 0 Å². The van der Waals surface area contributed by atoms with Crippen LogP contribution < -0.4 is 26.6 Å².